The highest BCUT2D eigenvalue weighted by Crippen LogP contribution is 2.31. The van der Waals surface area contributed by atoms with Crippen molar-refractivity contribution in [2.75, 3.05) is 0 Å². The highest BCUT2D eigenvalue weighted by molar-refractivity contribution is 6.35. The van der Waals surface area contributed by atoms with Gasteiger partial charge in [-0.25, -0.2) is 0 Å². The Morgan fingerprint density at radius 3 is 2.67 bits per heavy atom. The molecule has 100 valence electrons. The molecule has 18 heavy (non-hydrogen) atoms. The van der Waals surface area contributed by atoms with Crippen LogP contribution in [-0.2, 0) is 6.54 Å². The first-order chi connectivity index (χ1) is 8.58. The summed E-state index contributed by atoms with van der Waals surface area (Å²) in [5.41, 5.74) is 0.658. The van der Waals surface area contributed by atoms with Gasteiger partial charge in [-0.1, -0.05) is 36.0 Å². The lowest BCUT2D eigenvalue weighted by Crippen LogP contribution is -2.41. The molecule has 3 nitrogen and oxygen atoms in total. The zero-order chi connectivity index (χ0) is 13.1. The van der Waals surface area contributed by atoms with Crippen LogP contribution in [0.5, 0.6) is 5.75 Å². The largest absolute Gasteiger partial charge is 0.506 e. The summed E-state index contributed by atoms with van der Waals surface area (Å²) in [6, 6.07) is 3.28. The van der Waals surface area contributed by atoms with Crippen LogP contribution in [0.1, 0.15) is 31.2 Å². The second-order valence-corrected chi connectivity index (χ2v) is 5.58. The van der Waals surface area contributed by atoms with E-state index < -0.39 is 0 Å². The summed E-state index contributed by atoms with van der Waals surface area (Å²) in [5, 5.41) is 23.7. The third-order valence-corrected chi connectivity index (χ3v) is 3.90. The number of aliphatic hydroxyl groups excluding tert-OH is 1. The van der Waals surface area contributed by atoms with Crippen molar-refractivity contribution < 1.29 is 10.2 Å². The van der Waals surface area contributed by atoms with E-state index in [9.17, 15) is 10.2 Å². The first kappa shape index (κ1) is 13.9. The minimum absolute atomic E-state index is 0.0545. The van der Waals surface area contributed by atoms with E-state index in [1.165, 1.54) is 6.07 Å². The SMILES string of the molecule is Oc1c(Cl)cc(Cl)cc1CNC1CCCCC1O. The summed E-state index contributed by atoms with van der Waals surface area (Å²) < 4.78 is 0. The van der Waals surface area contributed by atoms with Gasteiger partial charge in [-0.15, -0.1) is 0 Å². The van der Waals surface area contributed by atoms with Gasteiger partial charge in [0.2, 0.25) is 0 Å². The second-order valence-electron chi connectivity index (χ2n) is 4.73. The Balaban J connectivity index is 2.01. The fourth-order valence-electron chi connectivity index (χ4n) is 2.34. The number of aromatic hydroxyl groups is 1. The molecule has 0 heterocycles. The Morgan fingerprint density at radius 1 is 1.22 bits per heavy atom. The van der Waals surface area contributed by atoms with Crippen molar-refractivity contribution in [1.82, 2.24) is 5.32 Å². The van der Waals surface area contributed by atoms with Crippen molar-refractivity contribution in [1.29, 1.82) is 0 Å². The highest BCUT2D eigenvalue weighted by atomic mass is 35.5. The molecule has 3 N–H and O–H groups in total. The molecule has 5 heteroatoms. The third kappa shape index (κ3) is 3.29. The van der Waals surface area contributed by atoms with Gasteiger partial charge < -0.3 is 15.5 Å². The topological polar surface area (TPSA) is 52.5 Å². The molecule has 0 amide bonds. The minimum atomic E-state index is -0.310. The van der Waals surface area contributed by atoms with Crippen molar-refractivity contribution in [2.45, 2.75) is 44.4 Å². The number of benzene rings is 1. The van der Waals surface area contributed by atoms with E-state index in [2.05, 4.69) is 5.32 Å². The first-order valence-corrected chi connectivity index (χ1v) is 6.92. The number of nitrogens with one attached hydrogen (secondary N) is 1. The summed E-state index contributed by atoms with van der Waals surface area (Å²) in [5.74, 6) is 0.0545. The van der Waals surface area contributed by atoms with E-state index in [4.69, 9.17) is 23.2 Å². The standard InChI is InChI=1S/C13H17Cl2NO2/c14-9-5-8(13(18)10(15)6-9)7-16-11-3-1-2-4-12(11)17/h5-6,11-12,16-18H,1-4,7H2. The molecule has 1 aliphatic rings. The summed E-state index contributed by atoms with van der Waals surface area (Å²) >= 11 is 11.8. The molecule has 0 saturated heterocycles. The molecular formula is C13H17Cl2NO2. The molecule has 1 saturated carbocycles. The highest BCUT2D eigenvalue weighted by Gasteiger charge is 2.22. The molecule has 1 aromatic rings. The van der Waals surface area contributed by atoms with Crippen LogP contribution in [-0.4, -0.2) is 22.4 Å². The van der Waals surface area contributed by atoms with Gasteiger partial charge in [0, 0.05) is 23.2 Å². The number of aliphatic hydroxyl groups is 1. The zero-order valence-corrected chi connectivity index (χ0v) is 11.5. The van der Waals surface area contributed by atoms with Crippen molar-refractivity contribution in [3.05, 3.63) is 27.7 Å². The number of hydrogen-bond acceptors (Lipinski definition) is 3. The molecule has 2 rings (SSSR count). The Bertz CT molecular complexity index is 426. The molecule has 0 radical (unpaired) electrons. The van der Waals surface area contributed by atoms with Gasteiger partial charge in [-0.3, -0.25) is 0 Å². The van der Waals surface area contributed by atoms with E-state index in [0.29, 0.717) is 17.1 Å². The number of phenols is 1. The van der Waals surface area contributed by atoms with Crippen LogP contribution in [0.4, 0.5) is 0 Å². The maximum atomic E-state index is 9.85. The quantitative estimate of drug-likeness (QED) is 0.802. The second kappa shape index (κ2) is 6.11. The monoisotopic (exact) mass is 289 g/mol. The molecule has 0 bridgehead atoms. The fourth-order valence-corrected chi connectivity index (χ4v) is 2.88. The maximum Gasteiger partial charge on any atom is 0.138 e. The lowest BCUT2D eigenvalue weighted by molar-refractivity contribution is 0.0901. The summed E-state index contributed by atoms with van der Waals surface area (Å²) in [7, 11) is 0. The third-order valence-electron chi connectivity index (χ3n) is 3.39. The Hall–Kier alpha value is -0.480. The van der Waals surface area contributed by atoms with Crippen LogP contribution in [0.2, 0.25) is 10.0 Å². The number of halogens is 2. The molecule has 0 aromatic heterocycles. The molecule has 1 aliphatic carbocycles. The smallest absolute Gasteiger partial charge is 0.138 e. The van der Waals surface area contributed by atoms with Crippen LogP contribution in [0.25, 0.3) is 0 Å². The van der Waals surface area contributed by atoms with Crippen molar-refractivity contribution in [3.8, 4) is 5.75 Å². The molecule has 2 atom stereocenters. The first-order valence-electron chi connectivity index (χ1n) is 6.16. The van der Waals surface area contributed by atoms with E-state index in [0.717, 1.165) is 25.7 Å². The van der Waals surface area contributed by atoms with Crippen molar-refractivity contribution in [3.63, 3.8) is 0 Å². The maximum absolute atomic E-state index is 9.85. The van der Waals surface area contributed by atoms with Gasteiger partial charge in [-0.05, 0) is 25.0 Å². The van der Waals surface area contributed by atoms with Crippen molar-refractivity contribution in [2.24, 2.45) is 0 Å². The molecular weight excluding hydrogens is 273 g/mol. The molecule has 0 spiro atoms. The van der Waals surface area contributed by atoms with Gasteiger partial charge in [0.1, 0.15) is 5.75 Å². The molecule has 1 aromatic carbocycles. The number of rotatable bonds is 3. The van der Waals surface area contributed by atoms with Gasteiger partial charge in [-0.2, -0.15) is 0 Å². The summed E-state index contributed by atoms with van der Waals surface area (Å²) in [6.07, 6.45) is 3.68. The Morgan fingerprint density at radius 2 is 1.94 bits per heavy atom. The minimum Gasteiger partial charge on any atom is -0.506 e. The van der Waals surface area contributed by atoms with Gasteiger partial charge in [0.25, 0.3) is 0 Å². The van der Waals surface area contributed by atoms with Crippen LogP contribution >= 0.6 is 23.2 Å². The Labute approximate surface area is 117 Å². The average Bonchev–Trinajstić information content (AvgIpc) is 2.33. The Kier molecular flexibility index (Phi) is 4.73. The summed E-state index contributed by atoms with van der Waals surface area (Å²) in [4.78, 5) is 0. The molecule has 1 fully saturated rings. The lowest BCUT2D eigenvalue weighted by Gasteiger charge is -2.28. The van der Waals surface area contributed by atoms with Crippen LogP contribution in [0.15, 0.2) is 12.1 Å². The van der Waals surface area contributed by atoms with Crippen molar-refractivity contribution >= 4 is 23.2 Å². The van der Waals surface area contributed by atoms with Crippen LogP contribution in [0, 0.1) is 0 Å². The number of hydrogen-bond donors (Lipinski definition) is 3. The normalized spacial score (nSPS) is 24.2. The fraction of sp³-hybridized carbons (Fsp3) is 0.538. The van der Waals surface area contributed by atoms with E-state index in [1.807, 2.05) is 0 Å². The van der Waals surface area contributed by atoms with E-state index >= 15 is 0 Å². The van der Waals surface area contributed by atoms with Gasteiger partial charge in [0.15, 0.2) is 0 Å². The van der Waals surface area contributed by atoms with Gasteiger partial charge in [0.05, 0.1) is 11.1 Å². The van der Waals surface area contributed by atoms with Crippen LogP contribution < -0.4 is 5.32 Å². The van der Waals surface area contributed by atoms with E-state index in [-0.39, 0.29) is 22.9 Å². The molecule has 2 unspecified atom stereocenters. The van der Waals surface area contributed by atoms with E-state index in [1.54, 1.807) is 6.07 Å². The lowest BCUT2D eigenvalue weighted by atomic mass is 9.92. The summed E-state index contributed by atoms with van der Waals surface area (Å²) in [6.45, 7) is 0.452. The predicted octanol–water partition coefficient (Wildman–Crippen LogP) is 3.09. The van der Waals surface area contributed by atoms with Gasteiger partial charge >= 0.3 is 0 Å². The number of phenolic OH excluding ortho intramolecular Hbond substituents is 1. The zero-order valence-electron chi connectivity index (χ0n) is 10.00. The van der Waals surface area contributed by atoms with Crippen LogP contribution in [0.3, 0.4) is 0 Å². The molecule has 0 aliphatic heterocycles. The predicted molar refractivity (Wildman–Crippen MR) is 73.2 cm³/mol. The average molecular weight is 290 g/mol.